The van der Waals surface area contributed by atoms with Crippen molar-refractivity contribution >= 4 is 11.3 Å². The van der Waals surface area contributed by atoms with Crippen LogP contribution in [0.15, 0.2) is 17.5 Å². The summed E-state index contributed by atoms with van der Waals surface area (Å²) in [5.41, 5.74) is 0. The lowest BCUT2D eigenvalue weighted by Gasteiger charge is -1.78. The monoisotopic (exact) mass is 115 g/mol. The zero-order valence-electron chi connectivity index (χ0n) is 4.66. The highest BCUT2D eigenvalue weighted by molar-refractivity contribution is 7.09. The van der Waals surface area contributed by atoms with E-state index in [1.165, 1.54) is 11.3 Å². The molecule has 1 N–H and O–H groups in total. The number of aliphatic hydroxyl groups excluding tert-OH is 1. The summed E-state index contributed by atoms with van der Waals surface area (Å²) >= 11 is 1.39. The molecule has 38 valence electrons. The van der Waals surface area contributed by atoms with Crippen molar-refractivity contribution in [3.8, 4) is 0 Å². The van der Waals surface area contributed by atoms with Crippen molar-refractivity contribution < 1.29 is 6.48 Å². The minimum Gasteiger partial charge on any atom is -0.391 e. The first kappa shape index (κ1) is 3.64. The molecule has 1 rings (SSSR count). The van der Waals surface area contributed by atoms with E-state index in [0.29, 0.717) is 4.88 Å². The smallest absolute Gasteiger partial charge is 0.0774 e. The largest absolute Gasteiger partial charge is 0.391 e. The summed E-state index contributed by atoms with van der Waals surface area (Å²) in [7, 11) is 0. The van der Waals surface area contributed by atoms with Gasteiger partial charge in [-0.2, -0.15) is 0 Å². The first-order valence-electron chi connectivity index (χ1n) is 2.52. The highest BCUT2D eigenvalue weighted by atomic mass is 32.1. The Labute approximate surface area is 47.6 Å². The molecule has 0 saturated heterocycles. The van der Waals surface area contributed by atoms with Gasteiger partial charge in [-0.1, -0.05) is 6.07 Å². The lowest BCUT2D eigenvalue weighted by molar-refractivity contribution is 0.285. The van der Waals surface area contributed by atoms with Gasteiger partial charge >= 0.3 is 0 Å². The molecule has 1 aromatic rings. The number of rotatable bonds is 1. The number of thiophene rings is 1. The molecule has 0 unspecified atom stereocenters. The van der Waals surface area contributed by atoms with Crippen LogP contribution in [0.2, 0.25) is 0 Å². The molecule has 0 aliphatic carbocycles. The Morgan fingerprint density at radius 2 is 2.86 bits per heavy atom. The number of aliphatic hydroxyl groups is 1. The van der Waals surface area contributed by atoms with Crippen LogP contribution >= 0.6 is 11.3 Å². The van der Waals surface area contributed by atoms with Crippen molar-refractivity contribution in [3.63, 3.8) is 0 Å². The fourth-order valence-corrected chi connectivity index (χ4v) is 0.897. The van der Waals surface area contributed by atoms with E-state index in [2.05, 4.69) is 0 Å². The van der Waals surface area contributed by atoms with Gasteiger partial charge in [0.15, 0.2) is 0 Å². The average molecular weight is 115 g/mol. The second kappa shape index (κ2) is 2.09. The van der Waals surface area contributed by atoms with Crippen molar-refractivity contribution in [1.82, 2.24) is 0 Å². The predicted molar refractivity (Wildman–Crippen MR) is 30.2 cm³/mol. The van der Waals surface area contributed by atoms with Gasteiger partial charge in [-0.3, -0.25) is 0 Å². The zero-order valence-corrected chi connectivity index (χ0v) is 4.48. The SMILES string of the molecule is [2H][C@@H](O)c1cccs1. The predicted octanol–water partition coefficient (Wildman–Crippen LogP) is 1.24. The Hall–Kier alpha value is -0.340. The van der Waals surface area contributed by atoms with Gasteiger partial charge in [0.2, 0.25) is 0 Å². The lowest BCUT2D eigenvalue weighted by atomic mass is 10.5. The maximum absolute atomic E-state index is 8.59. The summed E-state index contributed by atoms with van der Waals surface area (Å²) < 4.78 is 6.80. The van der Waals surface area contributed by atoms with E-state index < -0.39 is 6.58 Å². The third kappa shape index (κ3) is 1.01. The van der Waals surface area contributed by atoms with Crippen LogP contribution in [-0.4, -0.2) is 5.11 Å². The van der Waals surface area contributed by atoms with Crippen LogP contribution in [-0.2, 0) is 6.58 Å². The molecule has 1 atom stereocenters. The molecule has 1 nitrogen and oxygen atoms in total. The van der Waals surface area contributed by atoms with Gasteiger partial charge in [0.05, 0.1) is 7.95 Å². The van der Waals surface area contributed by atoms with E-state index >= 15 is 0 Å². The molecule has 0 saturated carbocycles. The van der Waals surface area contributed by atoms with Crippen LogP contribution in [0.1, 0.15) is 6.25 Å². The minimum absolute atomic E-state index is 0.699. The van der Waals surface area contributed by atoms with E-state index in [0.717, 1.165) is 0 Å². The van der Waals surface area contributed by atoms with Crippen molar-refractivity contribution in [2.24, 2.45) is 0 Å². The Bertz CT molecular complexity index is 147. The third-order valence-electron chi connectivity index (χ3n) is 0.670. The fraction of sp³-hybridized carbons (Fsp3) is 0.200. The van der Waals surface area contributed by atoms with E-state index in [9.17, 15) is 0 Å². The molecule has 7 heavy (non-hydrogen) atoms. The standard InChI is InChI=1S/C5H6OS/c6-4-5-2-1-3-7-5/h1-3,6H,4H2/i4D/t4-/m1/s1. The maximum atomic E-state index is 8.59. The highest BCUT2D eigenvalue weighted by Crippen LogP contribution is 2.06. The second-order valence-corrected chi connectivity index (χ2v) is 2.12. The van der Waals surface area contributed by atoms with Gasteiger partial charge in [-0.05, 0) is 11.4 Å². The fourth-order valence-electron chi connectivity index (χ4n) is 0.365. The van der Waals surface area contributed by atoms with Gasteiger partial charge in [0.1, 0.15) is 0 Å². The Kier molecular flexibility index (Phi) is 1.09. The van der Waals surface area contributed by atoms with Crippen molar-refractivity contribution in [2.75, 3.05) is 0 Å². The quantitative estimate of drug-likeness (QED) is 0.583. The normalized spacial score (nSPS) is 15.9. The van der Waals surface area contributed by atoms with Gasteiger partial charge in [-0.15, -0.1) is 11.3 Å². The topological polar surface area (TPSA) is 20.2 Å². The molecule has 0 radical (unpaired) electrons. The molecule has 0 amide bonds. The van der Waals surface area contributed by atoms with Gasteiger partial charge in [-0.25, -0.2) is 0 Å². The summed E-state index contributed by atoms with van der Waals surface area (Å²) in [4.78, 5) is 0.699. The van der Waals surface area contributed by atoms with Crippen LogP contribution < -0.4 is 0 Å². The van der Waals surface area contributed by atoms with Crippen molar-refractivity contribution in [1.29, 1.82) is 0 Å². The van der Waals surface area contributed by atoms with Crippen LogP contribution in [0.4, 0.5) is 0 Å². The van der Waals surface area contributed by atoms with Gasteiger partial charge in [0.25, 0.3) is 0 Å². The van der Waals surface area contributed by atoms with Crippen LogP contribution in [0.3, 0.4) is 0 Å². The van der Waals surface area contributed by atoms with Crippen molar-refractivity contribution in [2.45, 2.75) is 6.58 Å². The van der Waals surface area contributed by atoms with Crippen LogP contribution in [0.5, 0.6) is 0 Å². The van der Waals surface area contributed by atoms with Gasteiger partial charge < -0.3 is 5.11 Å². The molecule has 1 aromatic heterocycles. The van der Waals surface area contributed by atoms with E-state index in [1.54, 1.807) is 6.07 Å². The molecule has 0 spiro atoms. The maximum Gasteiger partial charge on any atom is 0.0774 e. The molecule has 0 aromatic carbocycles. The molecule has 1 heterocycles. The zero-order chi connectivity index (χ0) is 5.98. The Balaban J connectivity index is 2.77. The number of hydrogen-bond acceptors (Lipinski definition) is 2. The lowest BCUT2D eigenvalue weighted by Crippen LogP contribution is -1.69. The minimum atomic E-state index is -1.05. The molecule has 0 aliphatic rings. The van der Waals surface area contributed by atoms with E-state index in [4.69, 9.17) is 6.48 Å². The molecular formula is C5H6OS. The number of hydrogen-bond donors (Lipinski definition) is 1. The van der Waals surface area contributed by atoms with E-state index in [-0.39, 0.29) is 0 Å². The Morgan fingerprint density at radius 3 is 3.14 bits per heavy atom. The summed E-state index contributed by atoms with van der Waals surface area (Å²) in [6, 6.07) is 3.56. The first-order chi connectivity index (χ1) is 3.80. The molecule has 0 aliphatic heterocycles. The molecular weight excluding hydrogens is 108 g/mol. The average Bonchev–Trinajstić information content (AvgIpc) is 2.12. The Morgan fingerprint density at radius 1 is 2.00 bits per heavy atom. The summed E-state index contributed by atoms with van der Waals surface area (Å²) in [5.74, 6) is 0. The summed E-state index contributed by atoms with van der Waals surface area (Å²) in [6.07, 6.45) is 0. The van der Waals surface area contributed by atoms with Gasteiger partial charge in [0, 0.05) is 4.88 Å². The summed E-state index contributed by atoms with van der Waals surface area (Å²) in [6.45, 7) is -1.05. The third-order valence-corrected chi connectivity index (χ3v) is 1.48. The molecule has 2 heteroatoms. The summed E-state index contributed by atoms with van der Waals surface area (Å²) in [5, 5.41) is 10.4. The molecule has 0 bridgehead atoms. The van der Waals surface area contributed by atoms with Crippen molar-refractivity contribution in [3.05, 3.63) is 22.4 Å². The molecule has 0 fully saturated rings. The second-order valence-electron chi connectivity index (χ2n) is 1.14. The highest BCUT2D eigenvalue weighted by Gasteiger charge is 1.83. The van der Waals surface area contributed by atoms with Crippen LogP contribution in [0, 0.1) is 0 Å². The van der Waals surface area contributed by atoms with E-state index in [1.807, 2.05) is 11.4 Å². The first-order valence-corrected chi connectivity index (χ1v) is 2.82. The van der Waals surface area contributed by atoms with Crippen LogP contribution in [0.25, 0.3) is 0 Å².